The first-order chi connectivity index (χ1) is 6.20. The molecule has 0 spiro atoms. The van der Waals surface area contributed by atoms with Gasteiger partial charge in [0.2, 0.25) is 0 Å². The van der Waals surface area contributed by atoms with Crippen molar-refractivity contribution in [2.45, 2.75) is 12.5 Å². The molecule has 0 aromatic rings. The minimum absolute atomic E-state index is 0. The molecule has 0 aromatic heterocycles. The first-order valence-corrected chi connectivity index (χ1v) is 4.37. The zero-order valence-electron chi connectivity index (χ0n) is 8.18. The summed E-state index contributed by atoms with van der Waals surface area (Å²) in [7, 11) is 1.98. The van der Waals surface area contributed by atoms with Gasteiger partial charge in [0.15, 0.2) is 0 Å². The second-order valence-corrected chi connectivity index (χ2v) is 3.20. The van der Waals surface area contributed by atoms with Gasteiger partial charge in [-0.3, -0.25) is 4.90 Å². The van der Waals surface area contributed by atoms with Gasteiger partial charge in [0, 0.05) is 25.3 Å². The van der Waals surface area contributed by atoms with Gasteiger partial charge in [-0.25, -0.2) is 4.79 Å². The highest BCUT2D eigenvalue weighted by Gasteiger charge is 2.18. The van der Waals surface area contributed by atoms with Crippen LogP contribution >= 0.6 is 12.4 Å². The third-order valence-electron chi connectivity index (χ3n) is 2.18. The minimum Gasteiger partial charge on any atom is -0.478 e. The van der Waals surface area contributed by atoms with Crippen LogP contribution in [0.1, 0.15) is 6.42 Å². The first kappa shape index (κ1) is 13.4. The van der Waals surface area contributed by atoms with E-state index in [1.807, 2.05) is 7.05 Å². The van der Waals surface area contributed by atoms with Gasteiger partial charge in [0.1, 0.15) is 0 Å². The van der Waals surface area contributed by atoms with Crippen molar-refractivity contribution in [2.75, 3.05) is 26.8 Å². The Kier molecular flexibility index (Phi) is 6.53. The predicted octanol–water partition coefficient (Wildman–Crippen LogP) is 0.770. The summed E-state index contributed by atoms with van der Waals surface area (Å²) >= 11 is 0. The number of ether oxygens (including phenoxy) is 1. The second-order valence-electron chi connectivity index (χ2n) is 3.20. The summed E-state index contributed by atoms with van der Waals surface area (Å²) in [5, 5.41) is 8.36. The van der Waals surface area contributed by atoms with Crippen molar-refractivity contribution in [3.63, 3.8) is 0 Å². The van der Waals surface area contributed by atoms with E-state index in [4.69, 9.17) is 9.84 Å². The van der Waals surface area contributed by atoms with E-state index in [9.17, 15) is 4.79 Å². The number of carboxylic acids is 1. The molecule has 0 amide bonds. The van der Waals surface area contributed by atoms with Crippen molar-refractivity contribution in [2.24, 2.45) is 0 Å². The number of hydrogen-bond acceptors (Lipinski definition) is 3. The highest BCUT2D eigenvalue weighted by atomic mass is 35.5. The van der Waals surface area contributed by atoms with E-state index < -0.39 is 5.97 Å². The fourth-order valence-corrected chi connectivity index (χ4v) is 1.34. The molecule has 0 bridgehead atoms. The molecular formula is C9H16ClNO3. The zero-order chi connectivity index (χ0) is 9.68. The van der Waals surface area contributed by atoms with E-state index in [0.29, 0.717) is 12.6 Å². The third-order valence-corrected chi connectivity index (χ3v) is 2.18. The van der Waals surface area contributed by atoms with Crippen LogP contribution < -0.4 is 0 Å². The van der Waals surface area contributed by atoms with Crippen molar-refractivity contribution in [1.29, 1.82) is 0 Å². The van der Waals surface area contributed by atoms with Crippen LogP contribution in [-0.2, 0) is 9.53 Å². The largest absolute Gasteiger partial charge is 0.478 e. The summed E-state index contributed by atoms with van der Waals surface area (Å²) in [6.45, 7) is 2.25. The predicted molar refractivity (Wildman–Crippen MR) is 55.9 cm³/mol. The Balaban J connectivity index is 0.00000169. The highest BCUT2D eigenvalue weighted by Crippen LogP contribution is 2.09. The van der Waals surface area contributed by atoms with Gasteiger partial charge in [-0.05, 0) is 13.5 Å². The molecule has 82 valence electrons. The summed E-state index contributed by atoms with van der Waals surface area (Å²) in [5.41, 5.74) is 0. The zero-order valence-corrected chi connectivity index (χ0v) is 9.00. The van der Waals surface area contributed by atoms with Gasteiger partial charge >= 0.3 is 5.97 Å². The van der Waals surface area contributed by atoms with Gasteiger partial charge in [0.05, 0.1) is 6.61 Å². The third kappa shape index (κ3) is 4.60. The van der Waals surface area contributed by atoms with Crippen molar-refractivity contribution in [1.82, 2.24) is 4.90 Å². The molecule has 1 N–H and O–H groups in total. The lowest BCUT2D eigenvalue weighted by molar-refractivity contribution is -0.131. The van der Waals surface area contributed by atoms with Crippen LogP contribution in [0.4, 0.5) is 0 Å². The molecule has 1 atom stereocenters. The molecule has 0 aromatic carbocycles. The van der Waals surface area contributed by atoms with Crippen LogP contribution in [0, 0.1) is 0 Å². The molecule has 0 unspecified atom stereocenters. The maximum atomic E-state index is 10.2. The van der Waals surface area contributed by atoms with Gasteiger partial charge in [0.25, 0.3) is 0 Å². The number of carbonyl (C=O) groups is 1. The molecule has 0 aliphatic carbocycles. The van der Waals surface area contributed by atoms with Crippen molar-refractivity contribution < 1.29 is 14.6 Å². The quantitative estimate of drug-likeness (QED) is 0.713. The van der Waals surface area contributed by atoms with Crippen LogP contribution in [0.5, 0.6) is 0 Å². The van der Waals surface area contributed by atoms with Gasteiger partial charge in [-0.15, -0.1) is 12.4 Å². The Morgan fingerprint density at radius 1 is 1.71 bits per heavy atom. The Labute approximate surface area is 89.9 Å². The molecule has 5 heteroatoms. The van der Waals surface area contributed by atoms with Crippen LogP contribution in [0.2, 0.25) is 0 Å². The lowest BCUT2D eigenvalue weighted by Gasteiger charge is -2.20. The average molecular weight is 222 g/mol. The SMILES string of the molecule is CN(C/C=C/C(=O)O)[C@H]1CCOC1.Cl. The lowest BCUT2D eigenvalue weighted by atomic mass is 10.2. The maximum Gasteiger partial charge on any atom is 0.328 e. The number of likely N-dealkylation sites (N-methyl/N-ethyl adjacent to an activating group) is 1. The van der Waals surface area contributed by atoms with E-state index >= 15 is 0 Å². The molecule has 1 aliphatic heterocycles. The number of carboxylic acid groups (broad SMARTS) is 1. The van der Waals surface area contributed by atoms with Crippen LogP contribution in [0.3, 0.4) is 0 Å². The first-order valence-electron chi connectivity index (χ1n) is 4.37. The summed E-state index contributed by atoms with van der Waals surface area (Å²) < 4.78 is 5.22. The fraction of sp³-hybridized carbons (Fsp3) is 0.667. The topological polar surface area (TPSA) is 49.8 Å². The Bertz CT molecular complexity index is 202. The molecule has 1 heterocycles. The summed E-state index contributed by atoms with van der Waals surface area (Å²) in [6, 6.07) is 0.443. The number of rotatable bonds is 4. The molecule has 0 saturated carbocycles. The molecule has 1 fully saturated rings. The molecule has 4 nitrogen and oxygen atoms in total. The van der Waals surface area contributed by atoms with Gasteiger partial charge in [-0.1, -0.05) is 6.08 Å². The normalized spacial score (nSPS) is 21.4. The minimum atomic E-state index is -0.893. The summed E-state index contributed by atoms with van der Waals surface area (Å²) in [5.74, 6) is -0.893. The van der Waals surface area contributed by atoms with Crippen LogP contribution in [-0.4, -0.2) is 48.8 Å². The van der Waals surface area contributed by atoms with Crippen molar-refractivity contribution >= 4 is 18.4 Å². The summed E-state index contributed by atoms with van der Waals surface area (Å²) in [6.07, 6.45) is 3.87. The molecular weight excluding hydrogens is 206 g/mol. The van der Waals surface area contributed by atoms with E-state index in [2.05, 4.69) is 4.90 Å². The van der Waals surface area contributed by atoms with Crippen molar-refractivity contribution in [3.05, 3.63) is 12.2 Å². The molecule has 1 rings (SSSR count). The number of halogens is 1. The molecule has 0 radical (unpaired) electrons. The molecule has 1 saturated heterocycles. The Morgan fingerprint density at radius 2 is 2.43 bits per heavy atom. The van der Waals surface area contributed by atoms with E-state index in [-0.39, 0.29) is 12.4 Å². The average Bonchev–Trinajstić information content (AvgIpc) is 2.55. The lowest BCUT2D eigenvalue weighted by Crippen LogP contribution is -2.31. The number of hydrogen-bond donors (Lipinski definition) is 1. The van der Waals surface area contributed by atoms with Crippen molar-refractivity contribution in [3.8, 4) is 0 Å². The fourth-order valence-electron chi connectivity index (χ4n) is 1.34. The number of aliphatic carboxylic acids is 1. The Morgan fingerprint density at radius 3 is 2.93 bits per heavy atom. The van der Waals surface area contributed by atoms with Gasteiger partial charge in [-0.2, -0.15) is 0 Å². The van der Waals surface area contributed by atoms with E-state index in [0.717, 1.165) is 19.6 Å². The summed E-state index contributed by atoms with van der Waals surface area (Å²) in [4.78, 5) is 12.3. The molecule has 1 aliphatic rings. The van der Waals surface area contributed by atoms with E-state index in [1.54, 1.807) is 6.08 Å². The number of nitrogens with zero attached hydrogens (tertiary/aromatic N) is 1. The highest BCUT2D eigenvalue weighted by molar-refractivity contribution is 5.85. The Hall–Kier alpha value is -0.580. The smallest absolute Gasteiger partial charge is 0.328 e. The van der Waals surface area contributed by atoms with Crippen LogP contribution in [0.25, 0.3) is 0 Å². The monoisotopic (exact) mass is 221 g/mol. The maximum absolute atomic E-state index is 10.2. The van der Waals surface area contributed by atoms with Crippen LogP contribution in [0.15, 0.2) is 12.2 Å². The molecule has 14 heavy (non-hydrogen) atoms. The van der Waals surface area contributed by atoms with E-state index in [1.165, 1.54) is 6.08 Å². The second kappa shape index (κ2) is 6.81. The standard InChI is InChI=1S/C9H15NO3.ClH/c1-10(5-2-3-9(11)12)8-4-6-13-7-8;/h2-3,8H,4-7H2,1H3,(H,11,12);1H/b3-2+;/t8-;/m0./s1. The van der Waals surface area contributed by atoms with Gasteiger partial charge < -0.3 is 9.84 Å².